The van der Waals surface area contributed by atoms with Crippen molar-refractivity contribution in [3.05, 3.63) is 64.0 Å². The number of aryl methyl sites for hydroxylation is 1. The number of nitrogens with one attached hydrogen (secondary N) is 1. The zero-order chi connectivity index (χ0) is 21.3. The van der Waals surface area contributed by atoms with Crippen LogP contribution in [0.5, 0.6) is 11.5 Å². The molecule has 0 saturated carbocycles. The zero-order valence-corrected chi connectivity index (χ0v) is 17.0. The molecule has 0 fully saturated rings. The minimum Gasteiger partial charge on any atom is -0.508 e. The van der Waals surface area contributed by atoms with E-state index in [0.29, 0.717) is 36.5 Å². The molecule has 0 saturated heterocycles. The second-order valence-electron chi connectivity index (χ2n) is 7.42. The molecule has 7 heteroatoms. The quantitative estimate of drug-likeness (QED) is 0.631. The molecule has 0 spiro atoms. The maximum atomic E-state index is 12.6. The summed E-state index contributed by atoms with van der Waals surface area (Å²) < 4.78 is 11.3. The van der Waals surface area contributed by atoms with Crippen molar-refractivity contribution in [3.63, 3.8) is 0 Å². The first-order valence-electron chi connectivity index (χ1n) is 10.0. The lowest BCUT2D eigenvalue weighted by Crippen LogP contribution is -2.49. The molecule has 1 amide bonds. The van der Waals surface area contributed by atoms with E-state index in [1.54, 1.807) is 19.1 Å². The topological polar surface area (TPSA) is 92.0 Å². The van der Waals surface area contributed by atoms with Crippen LogP contribution in [0.1, 0.15) is 24.5 Å². The molecule has 2 N–H and O–H groups in total. The Morgan fingerprint density at radius 1 is 1.27 bits per heavy atom. The van der Waals surface area contributed by atoms with Crippen LogP contribution < -0.4 is 20.6 Å². The summed E-state index contributed by atoms with van der Waals surface area (Å²) in [4.78, 5) is 26.8. The molecule has 1 aromatic heterocycles. The Morgan fingerprint density at radius 3 is 2.87 bits per heavy atom. The van der Waals surface area contributed by atoms with Gasteiger partial charge in [-0.2, -0.15) is 0 Å². The van der Waals surface area contributed by atoms with Crippen molar-refractivity contribution in [2.75, 3.05) is 18.0 Å². The largest absolute Gasteiger partial charge is 0.508 e. The van der Waals surface area contributed by atoms with E-state index in [1.165, 1.54) is 6.07 Å². The number of anilines is 1. The fraction of sp³-hybridized carbons (Fsp3) is 0.304. The third-order valence-electron chi connectivity index (χ3n) is 5.28. The van der Waals surface area contributed by atoms with Gasteiger partial charge in [0.2, 0.25) is 0 Å². The van der Waals surface area contributed by atoms with E-state index in [0.717, 1.165) is 23.1 Å². The van der Waals surface area contributed by atoms with E-state index >= 15 is 0 Å². The summed E-state index contributed by atoms with van der Waals surface area (Å²) >= 11 is 0. The number of hydrogen-bond acceptors (Lipinski definition) is 6. The molecular formula is C23H24N2O5. The van der Waals surface area contributed by atoms with Gasteiger partial charge in [-0.3, -0.25) is 4.79 Å². The Bertz CT molecular complexity index is 1150. The van der Waals surface area contributed by atoms with E-state index in [1.807, 2.05) is 36.1 Å². The molecule has 2 aromatic carbocycles. The van der Waals surface area contributed by atoms with Gasteiger partial charge in [0.15, 0.2) is 6.10 Å². The molecule has 156 valence electrons. The molecule has 2 heterocycles. The van der Waals surface area contributed by atoms with Crippen molar-refractivity contribution < 1.29 is 19.1 Å². The molecule has 1 atom stereocenters. The van der Waals surface area contributed by atoms with Gasteiger partial charge in [0.05, 0.1) is 12.2 Å². The number of nitrogens with zero attached hydrogens (tertiary/aromatic N) is 1. The summed E-state index contributed by atoms with van der Waals surface area (Å²) in [6.07, 6.45) is 0.195. The highest BCUT2D eigenvalue weighted by Gasteiger charge is 2.31. The van der Waals surface area contributed by atoms with Gasteiger partial charge < -0.3 is 24.5 Å². The van der Waals surface area contributed by atoms with Crippen LogP contribution >= 0.6 is 0 Å². The van der Waals surface area contributed by atoms with Crippen LogP contribution in [-0.2, 0) is 11.3 Å². The van der Waals surface area contributed by atoms with Crippen LogP contribution in [-0.4, -0.2) is 30.2 Å². The Morgan fingerprint density at radius 2 is 2.07 bits per heavy atom. The van der Waals surface area contributed by atoms with Gasteiger partial charge in [-0.25, -0.2) is 4.79 Å². The van der Waals surface area contributed by atoms with Gasteiger partial charge in [0, 0.05) is 30.1 Å². The second-order valence-corrected chi connectivity index (χ2v) is 7.42. The molecule has 3 aromatic rings. The third kappa shape index (κ3) is 3.70. The van der Waals surface area contributed by atoms with Crippen LogP contribution in [0.4, 0.5) is 5.69 Å². The number of aromatic hydroxyl groups is 1. The summed E-state index contributed by atoms with van der Waals surface area (Å²) in [5.74, 6) is 0.545. The number of phenolic OH excluding ortho intramolecular Hbond substituents is 1. The van der Waals surface area contributed by atoms with Crippen molar-refractivity contribution in [1.29, 1.82) is 0 Å². The van der Waals surface area contributed by atoms with E-state index in [2.05, 4.69) is 5.32 Å². The van der Waals surface area contributed by atoms with Gasteiger partial charge in [-0.1, -0.05) is 19.1 Å². The molecule has 0 unspecified atom stereocenters. The lowest BCUT2D eigenvalue weighted by Gasteiger charge is -2.35. The minimum atomic E-state index is -0.649. The summed E-state index contributed by atoms with van der Waals surface area (Å²) in [5.41, 5.74) is 2.02. The van der Waals surface area contributed by atoms with Gasteiger partial charge in [-0.05, 0) is 43.2 Å². The maximum Gasteiger partial charge on any atom is 0.336 e. The van der Waals surface area contributed by atoms with Crippen molar-refractivity contribution in [1.82, 2.24) is 5.32 Å². The average Bonchev–Trinajstić information content (AvgIpc) is 2.74. The number of phenols is 1. The first-order valence-corrected chi connectivity index (χ1v) is 10.0. The van der Waals surface area contributed by atoms with Crippen LogP contribution in [0.3, 0.4) is 0 Å². The first-order chi connectivity index (χ1) is 14.5. The van der Waals surface area contributed by atoms with Crippen LogP contribution in [0, 0.1) is 6.92 Å². The first kappa shape index (κ1) is 19.8. The van der Waals surface area contributed by atoms with E-state index < -0.39 is 11.7 Å². The van der Waals surface area contributed by atoms with Crippen LogP contribution in [0.2, 0.25) is 0 Å². The molecule has 30 heavy (non-hydrogen) atoms. The molecule has 4 rings (SSSR count). The Kier molecular flexibility index (Phi) is 5.35. The average molecular weight is 408 g/mol. The summed E-state index contributed by atoms with van der Waals surface area (Å²) in [5, 5.41) is 13.6. The SMILES string of the molecule is CCCNC(=O)[C@@H]1CN(Cc2cc(=O)oc3c(C)c(O)ccc23)c2ccccc2O1. The lowest BCUT2D eigenvalue weighted by atomic mass is 10.0. The number of hydrogen-bond donors (Lipinski definition) is 2. The normalized spacial score (nSPS) is 15.5. The van der Waals surface area contributed by atoms with E-state index in [4.69, 9.17) is 9.15 Å². The van der Waals surface area contributed by atoms with Crippen molar-refractivity contribution >= 4 is 22.6 Å². The smallest absolute Gasteiger partial charge is 0.336 e. The van der Waals surface area contributed by atoms with Crippen LogP contribution in [0.25, 0.3) is 11.0 Å². The summed E-state index contributed by atoms with van der Waals surface area (Å²) in [6, 6.07) is 12.3. The highest BCUT2D eigenvalue weighted by atomic mass is 16.5. The number of benzene rings is 2. The van der Waals surface area contributed by atoms with Crippen molar-refractivity contribution in [3.8, 4) is 11.5 Å². The van der Waals surface area contributed by atoms with E-state index in [-0.39, 0.29) is 11.7 Å². The fourth-order valence-electron chi connectivity index (χ4n) is 3.71. The van der Waals surface area contributed by atoms with Crippen LogP contribution in [0.15, 0.2) is 51.7 Å². The Labute approximate surface area is 173 Å². The lowest BCUT2D eigenvalue weighted by molar-refractivity contribution is -0.127. The zero-order valence-electron chi connectivity index (χ0n) is 17.0. The summed E-state index contributed by atoms with van der Waals surface area (Å²) in [6.45, 7) is 5.04. The number of fused-ring (bicyclic) bond motifs is 2. The predicted molar refractivity (Wildman–Crippen MR) is 114 cm³/mol. The third-order valence-corrected chi connectivity index (χ3v) is 5.28. The number of ether oxygens (including phenoxy) is 1. The van der Waals surface area contributed by atoms with Crippen molar-refractivity contribution in [2.24, 2.45) is 0 Å². The maximum absolute atomic E-state index is 12.6. The van der Waals surface area contributed by atoms with Gasteiger partial charge >= 0.3 is 5.63 Å². The second kappa shape index (κ2) is 8.10. The van der Waals surface area contributed by atoms with Gasteiger partial charge in [0.1, 0.15) is 17.1 Å². The number of amides is 1. The number of rotatable bonds is 5. The highest BCUT2D eigenvalue weighted by molar-refractivity contribution is 5.86. The molecule has 7 nitrogen and oxygen atoms in total. The number of para-hydroxylation sites is 2. The molecule has 0 radical (unpaired) electrons. The molecular weight excluding hydrogens is 384 g/mol. The predicted octanol–water partition coefficient (Wildman–Crippen LogP) is 3.10. The highest BCUT2D eigenvalue weighted by Crippen LogP contribution is 2.35. The monoisotopic (exact) mass is 408 g/mol. The minimum absolute atomic E-state index is 0.0761. The van der Waals surface area contributed by atoms with Gasteiger partial charge in [-0.15, -0.1) is 0 Å². The number of carbonyl (C=O) groups excluding carboxylic acids is 1. The standard InChI is InChI=1S/C23H24N2O5/c1-3-10-24-23(28)20-13-25(17-6-4-5-7-19(17)29-20)12-15-11-21(27)30-22-14(2)18(26)9-8-16(15)22/h4-9,11,20,26H,3,10,12-13H2,1-2H3,(H,24,28)/t20-/m0/s1. The molecule has 1 aliphatic rings. The summed E-state index contributed by atoms with van der Waals surface area (Å²) in [7, 11) is 0. The Balaban J connectivity index is 1.72. The molecule has 0 aliphatic carbocycles. The van der Waals surface area contributed by atoms with Crippen molar-refractivity contribution in [2.45, 2.75) is 32.9 Å². The number of carbonyl (C=O) groups is 1. The van der Waals surface area contributed by atoms with Gasteiger partial charge in [0.25, 0.3) is 5.91 Å². The Hall–Kier alpha value is -3.48. The van der Waals surface area contributed by atoms with E-state index in [9.17, 15) is 14.7 Å². The fourth-order valence-corrected chi connectivity index (χ4v) is 3.71. The molecule has 0 bridgehead atoms. The molecule has 1 aliphatic heterocycles.